The molecule has 1 aromatic rings. The maximum atomic E-state index is 12.6. The van der Waals surface area contributed by atoms with Gasteiger partial charge >= 0.3 is 0 Å². The van der Waals surface area contributed by atoms with E-state index >= 15 is 0 Å². The molecule has 2 rings (SSSR count). The molecule has 0 heterocycles. The van der Waals surface area contributed by atoms with Crippen molar-refractivity contribution < 1.29 is 9.59 Å². The minimum atomic E-state index is 0.0000774. The fourth-order valence-electron chi connectivity index (χ4n) is 3.67. The van der Waals surface area contributed by atoms with E-state index in [1.54, 1.807) is 0 Å². The van der Waals surface area contributed by atoms with E-state index in [1.165, 1.54) is 5.56 Å². The van der Waals surface area contributed by atoms with Gasteiger partial charge < -0.3 is 15.5 Å². The summed E-state index contributed by atoms with van der Waals surface area (Å²) < 4.78 is 0. The number of amides is 2. The number of anilines is 1. The van der Waals surface area contributed by atoms with E-state index in [0.717, 1.165) is 50.9 Å². The fourth-order valence-corrected chi connectivity index (χ4v) is 3.67. The molecule has 5 heteroatoms. The lowest BCUT2D eigenvalue weighted by Gasteiger charge is -2.27. The molecule has 0 spiro atoms. The van der Waals surface area contributed by atoms with E-state index in [4.69, 9.17) is 0 Å². The SMILES string of the molecule is CN(C)CCCNC(=O)C1CCC(C(=O)Nc2ccc(C(C)(C)C)cc2)CC1. The smallest absolute Gasteiger partial charge is 0.227 e. The second-order valence-corrected chi connectivity index (χ2v) is 9.31. The van der Waals surface area contributed by atoms with Crippen LogP contribution in [-0.4, -0.2) is 43.9 Å². The molecule has 0 saturated heterocycles. The first-order chi connectivity index (χ1) is 13.2. The van der Waals surface area contributed by atoms with Gasteiger partial charge in [-0.25, -0.2) is 0 Å². The van der Waals surface area contributed by atoms with Crippen molar-refractivity contribution in [2.45, 2.75) is 58.3 Å². The number of benzene rings is 1. The predicted octanol–water partition coefficient (Wildman–Crippen LogP) is 3.80. The van der Waals surface area contributed by atoms with Gasteiger partial charge in [-0.05, 0) is 75.9 Å². The highest BCUT2D eigenvalue weighted by Gasteiger charge is 2.29. The third kappa shape index (κ3) is 6.93. The van der Waals surface area contributed by atoms with Crippen molar-refractivity contribution >= 4 is 17.5 Å². The van der Waals surface area contributed by atoms with Gasteiger partial charge in [-0.15, -0.1) is 0 Å². The van der Waals surface area contributed by atoms with Gasteiger partial charge in [0.05, 0.1) is 0 Å². The van der Waals surface area contributed by atoms with Crippen LogP contribution in [0.5, 0.6) is 0 Å². The Hall–Kier alpha value is -1.88. The van der Waals surface area contributed by atoms with Crippen LogP contribution in [0.15, 0.2) is 24.3 Å². The predicted molar refractivity (Wildman–Crippen MR) is 115 cm³/mol. The zero-order valence-electron chi connectivity index (χ0n) is 18.2. The average molecular weight is 388 g/mol. The lowest BCUT2D eigenvalue weighted by molar-refractivity contribution is -0.128. The van der Waals surface area contributed by atoms with Crippen LogP contribution < -0.4 is 10.6 Å². The van der Waals surface area contributed by atoms with Crippen LogP contribution in [0.3, 0.4) is 0 Å². The minimum Gasteiger partial charge on any atom is -0.356 e. The second kappa shape index (κ2) is 10.1. The van der Waals surface area contributed by atoms with Crippen LogP contribution in [0.4, 0.5) is 5.69 Å². The Morgan fingerprint density at radius 2 is 1.50 bits per heavy atom. The highest BCUT2D eigenvalue weighted by atomic mass is 16.2. The van der Waals surface area contributed by atoms with E-state index < -0.39 is 0 Å². The molecule has 5 nitrogen and oxygen atoms in total. The summed E-state index contributed by atoms with van der Waals surface area (Å²) in [5, 5.41) is 6.09. The standard InChI is InChI=1S/C23H37N3O2/c1-23(2,3)19-11-13-20(14-12-19)25-22(28)18-9-7-17(8-10-18)21(27)24-15-6-16-26(4)5/h11-14,17-18H,6-10,15-16H2,1-5H3,(H,24,27)(H,25,28). The number of nitrogens with zero attached hydrogens (tertiary/aromatic N) is 1. The Labute approximate surface area is 170 Å². The van der Waals surface area contributed by atoms with Crippen LogP contribution in [0.1, 0.15) is 58.4 Å². The lowest BCUT2D eigenvalue weighted by atomic mass is 9.81. The summed E-state index contributed by atoms with van der Waals surface area (Å²) in [7, 11) is 4.07. The van der Waals surface area contributed by atoms with Crippen molar-refractivity contribution in [3.8, 4) is 0 Å². The van der Waals surface area contributed by atoms with E-state index in [1.807, 2.05) is 26.2 Å². The Balaban J connectivity index is 1.75. The summed E-state index contributed by atoms with van der Waals surface area (Å²) in [6.07, 6.45) is 4.11. The zero-order valence-corrected chi connectivity index (χ0v) is 18.2. The van der Waals surface area contributed by atoms with Crippen LogP contribution in [0.25, 0.3) is 0 Å². The molecule has 1 saturated carbocycles. The molecule has 0 atom stereocenters. The number of hydrogen-bond donors (Lipinski definition) is 2. The van der Waals surface area contributed by atoms with Gasteiger partial charge in [0.2, 0.25) is 11.8 Å². The van der Waals surface area contributed by atoms with Gasteiger partial charge in [-0.3, -0.25) is 9.59 Å². The van der Waals surface area contributed by atoms with Crippen molar-refractivity contribution in [2.75, 3.05) is 32.5 Å². The van der Waals surface area contributed by atoms with E-state index in [0.29, 0.717) is 0 Å². The number of nitrogens with one attached hydrogen (secondary N) is 2. The molecule has 1 aromatic carbocycles. The Morgan fingerprint density at radius 3 is 2.00 bits per heavy atom. The first-order valence-corrected chi connectivity index (χ1v) is 10.5. The molecule has 156 valence electrons. The Bertz CT molecular complexity index is 639. The quantitative estimate of drug-likeness (QED) is 0.700. The van der Waals surface area contributed by atoms with Crippen molar-refractivity contribution in [3.63, 3.8) is 0 Å². The van der Waals surface area contributed by atoms with E-state index in [9.17, 15) is 9.59 Å². The lowest BCUT2D eigenvalue weighted by Crippen LogP contribution is -2.36. The van der Waals surface area contributed by atoms with Gasteiger partial charge in [0.25, 0.3) is 0 Å². The number of carbonyl (C=O) groups is 2. The summed E-state index contributed by atoms with van der Waals surface area (Å²) in [4.78, 5) is 27.0. The van der Waals surface area contributed by atoms with E-state index in [-0.39, 0.29) is 29.1 Å². The fraction of sp³-hybridized carbons (Fsp3) is 0.652. The van der Waals surface area contributed by atoms with Crippen LogP contribution >= 0.6 is 0 Å². The molecule has 0 aliphatic heterocycles. The van der Waals surface area contributed by atoms with Crippen molar-refractivity contribution in [3.05, 3.63) is 29.8 Å². The van der Waals surface area contributed by atoms with Crippen LogP contribution in [0.2, 0.25) is 0 Å². The largest absolute Gasteiger partial charge is 0.356 e. The molecule has 28 heavy (non-hydrogen) atoms. The van der Waals surface area contributed by atoms with Gasteiger partial charge in [0.1, 0.15) is 0 Å². The summed E-state index contributed by atoms with van der Waals surface area (Å²) in [5.41, 5.74) is 2.20. The number of carbonyl (C=O) groups excluding carboxylic acids is 2. The van der Waals surface area contributed by atoms with Crippen molar-refractivity contribution in [1.29, 1.82) is 0 Å². The van der Waals surface area contributed by atoms with Gasteiger partial charge in [-0.1, -0.05) is 32.9 Å². The van der Waals surface area contributed by atoms with Crippen LogP contribution in [-0.2, 0) is 15.0 Å². The first kappa shape index (κ1) is 22.4. The molecular weight excluding hydrogens is 350 g/mol. The summed E-state index contributed by atoms with van der Waals surface area (Å²) >= 11 is 0. The minimum absolute atomic E-state index is 0.0000774. The van der Waals surface area contributed by atoms with Gasteiger partial charge in [-0.2, -0.15) is 0 Å². The Kier molecular flexibility index (Phi) is 8.05. The number of rotatable bonds is 7. The van der Waals surface area contributed by atoms with Crippen LogP contribution in [0, 0.1) is 11.8 Å². The molecule has 0 bridgehead atoms. The third-order valence-corrected chi connectivity index (χ3v) is 5.57. The summed E-state index contributed by atoms with van der Waals surface area (Å²) in [6, 6.07) is 8.11. The summed E-state index contributed by atoms with van der Waals surface area (Å²) in [5.74, 6) is 0.276. The second-order valence-electron chi connectivity index (χ2n) is 9.31. The van der Waals surface area contributed by atoms with Crippen molar-refractivity contribution in [2.24, 2.45) is 11.8 Å². The first-order valence-electron chi connectivity index (χ1n) is 10.5. The molecule has 0 radical (unpaired) electrons. The summed E-state index contributed by atoms with van der Waals surface area (Å²) in [6.45, 7) is 8.23. The molecule has 1 fully saturated rings. The van der Waals surface area contributed by atoms with E-state index in [2.05, 4.69) is 48.4 Å². The maximum absolute atomic E-state index is 12.6. The average Bonchev–Trinajstić information content (AvgIpc) is 2.64. The monoisotopic (exact) mass is 387 g/mol. The third-order valence-electron chi connectivity index (χ3n) is 5.57. The molecule has 0 aromatic heterocycles. The van der Waals surface area contributed by atoms with Gasteiger partial charge in [0.15, 0.2) is 0 Å². The molecule has 2 N–H and O–H groups in total. The Morgan fingerprint density at radius 1 is 0.964 bits per heavy atom. The maximum Gasteiger partial charge on any atom is 0.227 e. The number of hydrogen-bond acceptors (Lipinski definition) is 3. The highest BCUT2D eigenvalue weighted by molar-refractivity contribution is 5.92. The topological polar surface area (TPSA) is 61.4 Å². The normalized spacial score (nSPS) is 20.1. The highest BCUT2D eigenvalue weighted by Crippen LogP contribution is 2.30. The zero-order chi connectivity index (χ0) is 20.7. The van der Waals surface area contributed by atoms with Gasteiger partial charge in [0, 0.05) is 24.1 Å². The van der Waals surface area contributed by atoms with Crippen molar-refractivity contribution in [1.82, 2.24) is 10.2 Å². The molecular formula is C23H37N3O2. The molecule has 1 aliphatic rings. The molecule has 2 amide bonds. The molecule has 0 unspecified atom stereocenters. The molecule has 1 aliphatic carbocycles.